The molecule has 1 saturated carbocycles. The number of ether oxygens (including phenoxy) is 1. The lowest BCUT2D eigenvalue weighted by Gasteiger charge is -2.27. The van der Waals surface area contributed by atoms with Crippen molar-refractivity contribution in [3.05, 3.63) is 0 Å². The lowest BCUT2D eigenvalue weighted by molar-refractivity contribution is -0.0956. The molecule has 0 amide bonds. The number of hydrogen-bond acceptors (Lipinski definition) is 2. The van der Waals surface area contributed by atoms with Gasteiger partial charge < -0.3 is 9.84 Å². The highest BCUT2D eigenvalue weighted by atomic mass is 16.5. The molecule has 72 valence electrons. The van der Waals surface area contributed by atoms with Crippen molar-refractivity contribution in [2.45, 2.75) is 57.7 Å². The molecule has 0 spiro atoms. The zero-order valence-corrected chi connectivity index (χ0v) is 8.39. The van der Waals surface area contributed by atoms with Crippen LogP contribution in [0.4, 0.5) is 0 Å². The van der Waals surface area contributed by atoms with E-state index in [9.17, 15) is 5.11 Å². The van der Waals surface area contributed by atoms with Gasteiger partial charge in [-0.25, -0.2) is 0 Å². The third-order valence-corrected chi connectivity index (χ3v) is 2.31. The van der Waals surface area contributed by atoms with E-state index in [1.807, 2.05) is 20.8 Å². The molecule has 0 aromatic carbocycles. The fourth-order valence-electron chi connectivity index (χ4n) is 1.53. The Morgan fingerprint density at radius 2 is 1.75 bits per heavy atom. The monoisotopic (exact) mass is 172 g/mol. The maximum atomic E-state index is 9.93. The summed E-state index contributed by atoms with van der Waals surface area (Å²) in [5, 5.41) is 9.93. The van der Waals surface area contributed by atoms with E-state index in [0.29, 0.717) is 6.61 Å². The van der Waals surface area contributed by atoms with Gasteiger partial charge in [-0.2, -0.15) is 0 Å². The van der Waals surface area contributed by atoms with Crippen LogP contribution in [0.1, 0.15) is 46.5 Å². The van der Waals surface area contributed by atoms with E-state index in [2.05, 4.69) is 0 Å². The van der Waals surface area contributed by atoms with Gasteiger partial charge in [0.25, 0.3) is 0 Å². The second-order valence-corrected chi connectivity index (χ2v) is 4.83. The predicted molar refractivity (Wildman–Crippen MR) is 49.1 cm³/mol. The molecule has 0 heterocycles. The first-order valence-corrected chi connectivity index (χ1v) is 4.78. The summed E-state index contributed by atoms with van der Waals surface area (Å²) in [6.45, 7) is 6.55. The van der Waals surface area contributed by atoms with E-state index in [4.69, 9.17) is 4.74 Å². The highest BCUT2D eigenvalue weighted by molar-refractivity contribution is 4.84. The molecule has 1 fully saturated rings. The highest BCUT2D eigenvalue weighted by Crippen LogP contribution is 2.30. The first-order valence-electron chi connectivity index (χ1n) is 4.78. The molecule has 1 aliphatic carbocycles. The summed E-state index contributed by atoms with van der Waals surface area (Å²) >= 11 is 0. The zero-order valence-electron chi connectivity index (χ0n) is 8.39. The molecule has 2 nitrogen and oxygen atoms in total. The number of aliphatic hydroxyl groups is 1. The summed E-state index contributed by atoms with van der Waals surface area (Å²) in [4.78, 5) is 0. The Hall–Kier alpha value is -0.0800. The summed E-state index contributed by atoms with van der Waals surface area (Å²) < 4.78 is 5.57. The van der Waals surface area contributed by atoms with Crippen LogP contribution in [0.5, 0.6) is 0 Å². The standard InChI is InChI=1S/C10H20O2/c1-9(2,3)12-8-10(11)6-4-5-7-10/h11H,4-8H2,1-3H3. The molecular weight excluding hydrogens is 152 g/mol. The summed E-state index contributed by atoms with van der Waals surface area (Å²) in [7, 11) is 0. The Labute approximate surface area is 74.9 Å². The smallest absolute Gasteiger partial charge is 0.0880 e. The Balaban J connectivity index is 2.30. The van der Waals surface area contributed by atoms with Gasteiger partial charge in [-0.15, -0.1) is 0 Å². The van der Waals surface area contributed by atoms with Crippen molar-refractivity contribution in [3.63, 3.8) is 0 Å². The molecule has 0 atom stereocenters. The van der Waals surface area contributed by atoms with Crippen molar-refractivity contribution in [2.24, 2.45) is 0 Å². The van der Waals surface area contributed by atoms with Gasteiger partial charge in [0.15, 0.2) is 0 Å². The molecule has 1 N–H and O–H groups in total. The van der Waals surface area contributed by atoms with E-state index in [1.54, 1.807) is 0 Å². The van der Waals surface area contributed by atoms with E-state index in [0.717, 1.165) is 25.7 Å². The second-order valence-electron chi connectivity index (χ2n) is 4.83. The quantitative estimate of drug-likeness (QED) is 0.691. The average molecular weight is 172 g/mol. The van der Waals surface area contributed by atoms with E-state index >= 15 is 0 Å². The Bertz CT molecular complexity index is 140. The maximum absolute atomic E-state index is 9.93. The Kier molecular flexibility index (Phi) is 2.79. The van der Waals surface area contributed by atoms with Crippen molar-refractivity contribution in [2.75, 3.05) is 6.61 Å². The van der Waals surface area contributed by atoms with Crippen LogP contribution in [0.15, 0.2) is 0 Å². The van der Waals surface area contributed by atoms with Gasteiger partial charge in [-0.1, -0.05) is 12.8 Å². The summed E-state index contributed by atoms with van der Waals surface area (Å²) in [5.41, 5.74) is -0.647. The minimum absolute atomic E-state index is 0.127. The zero-order chi connectivity index (χ0) is 9.24. The van der Waals surface area contributed by atoms with Gasteiger partial charge >= 0.3 is 0 Å². The van der Waals surface area contributed by atoms with E-state index < -0.39 is 5.60 Å². The van der Waals surface area contributed by atoms with E-state index in [-0.39, 0.29) is 5.60 Å². The first-order chi connectivity index (χ1) is 5.41. The van der Waals surface area contributed by atoms with Crippen molar-refractivity contribution < 1.29 is 9.84 Å². The largest absolute Gasteiger partial charge is 0.387 e. The molecule has 0 aromatic rings. The molecule has 1 aliphatic rings. The average Bonchev–Trinajstić information content (AvgIpc) is 2.32. The molecule has 0 saturated heterocycles. The number of rotatable bonds is 2. The van der Waals surface area contributed by atoms with Crippen LogP contribution in [-0.4, -0.2) is 22.9 Å². The molecule has 2 heteroatoms. The van der Waals surface area contributed by atoms with Crippen LogP contribution in [0.3, 0.4) is 0 Å². The fourth-order valence-corrected chi connectivity index (χ4v) is 1.53. The summed E-state index contributed by atoms with van der Waals surface area (Å²) in [6.07, 6.45) is 4.10. The van der Waals surface area contributed by atoms with Gasteiger partial charge in [0.05, 0.1) is 17.8 Å². The molecular formula is C10H20O2. The number of hydrogen-bond donors (Lipinski definition) is 1. The minimum Gasteiger partial charge on any atom is -0.387 e. The van der Waals surface area contributed by atoms with Gasteiger partial charge in [-0.05, 0) is 33.6 Å². The van der Waals surface area contributed by atoms with Crippen LogP contribution >= 0.6 is 0 Å². The van der Waals surface area contributed by atoms with Crippen LogP contribution < -0.4 is 0 Å². The van der Waals surface area contributed by atoms with Crippen molar-refractivity contribution in [3.8, 4) is 0 Å². The first kappa shape index (κ1) is 10.0. The lowest BCUT2D eigenvalue weighted by Crippen LogP contribution is -2.35. The molecule has 0 aliphatic heterocycles. The molecule has 0 bridgehead atoms. The predicted octanol–water partition coefficient (Wildman–Crippen LogP) is 2.11. The molecule has 0 aromatic heterocycles. The van der Waals surface area contributed by atoms with Crippen molar-refractivity contribution >= 4 is 0 Å². The molecule has 1 rings (SSSR count). The van der Waals surface area contributed by atoms with Gasteiger partial charge in [0.1, 0.15) is 0 Å². The van der Waals surface area contributed by atoms with Crippen molar-refractivity contribution in [1.29, 1.82) is 0 Å². The highest BCUT2D eigenvalue weighted by Gasteiger charge is 2.32. The summed E-state index contributed by atoms with van der Waals surface area (Å²) in [5.74, 6) is 0. The molecule has 12 heavy (non-hydrogen) atoms. The van der Waals surface area contributed by atoms with Crippen LogP contribution in [0.2, 0.25) is 0 Å². The topological polar surface area (TPSA) is 29.5 Å². The minimum atomic E-state index is -0.521. The third kappa shape index (κ3) is 3.11. The normalized spacial score (nSPS) is 23.0. The maximum Gasteiger partial charge on any atom is 0.0880 e. The van der Waals surface area contributed by atoms with Gasteiger partial charge in [0.2, 0.25) is 0 Å². The SMILES string of the molecule is CC(C)(C)OCC1(O)CCCC1. The second kappa shape index (κ2) is 3.35. The Morgan fingerprint density at radius 3 is 2.17 bits per heavy atom. The van der Waals surface area contributed by atoms with Gasteiger partial charge in [0, 0.05) is 0 Å². The molecule has 0 radical (unpaired) electrons. The van der Waals surface area contributed by atoms with Crippen LogP contribution in [0, 0.1) is 0 Å². The Morgan fingerprint density at radius 1 is 1.25 bits per heavy atom. The van der Waals surface area contributed by atoms with Crippen LogP contribution in [0.25, 0.3) is 0 Å². The lowest BCUT2D eigenvalue weighted by atomic mass is 10.0. The fraction of sp³-hybridized carbons (Fsp3) is 1.00. The van der Waals surface area contributed by atoms with Crippen LogP contribution in [-0.2, 0) is 4.74 Å². The third-order valence-electron chi connectivity index (χ3n) is 2.31. The van der Waals surface area contributed by atoms with E-state index in [1.165, 1.54) is 0 Å². The molecule has 0 unspecified atom stereocenters. The van der Waals surface area contributed by atoms with Gasteiger partial charge in [-0.3, -0.25) is 0 Å². The summed E-state index contributed by atoms with van der Waals surface area (Å²) in [6, 6.07) is 0. The van der Waals surface area contributed by atoms with Crippen molar-refractivity contribution in [1.82, 2.24) is 0 Å².